The van der Waals surface area contributed by atoms with Gasteiger partial charge in [-0.3, -0.25) is 0 Å². The highest BCUT2D eigenvalue weighted by atomic mass is 14.9. The molecule has 2 nitrogen and oxygen atoms in total. The van der Waals surface area contributed by atoms with Gasteiger partial charge in [-0.25, -0.2) is 0 Å². The first-order chi connectivity index (χ1) is 5.16. The summed E-state index contributed by atoms with van der Waals surface area (Å²) in [6.45, 7) is 7.41. The van der Waals surface area contributed by atoms with Gasteiger partial charge in [0, 0.05) is 6.04 Å². The van der Waals surface area contributed by atoms with E-state index in [9.17, 15) is 0 Å². The minimum Gasteiger partial charge on any atom is -0.330 e. The highest BCUT2D eigenvalue weighted by Gasteiger charge is 2.29. The maximum absolute atomic E-state index is 5.77. The lowest BCUT2D eigenvalue weighted by atomic mass is 9.76. The van der Waals surface area contributed by atoms with Crippen molar-refractivity contribution in [1.82, 2.24) is 5.32 Å². The SMILES string of the molecule is CCC(CC)(CN)C(C)NC. The Kier molecular flexibility index (Phi) is 4.69. The van der Waals surface area contributed by atoms with Crippen LogP contribution in [-0.4, -0.2) is 19.6 Å². The molecule has 0 spiro atoms. The number of nitrogens with one attached hydrogen (secondary N) is 1. The summed E-state index contributed by atoms with van der Waals surface area (Å²) in [6.07, 6.45) is 2.31. The smallest absolute Gasteiger partial charge is 0.0104 e. The maximum Gasteiger partial charge on any atom is 0.0104 e. The molecule has 3 N–H and O–H groups in total. The van der Waals surface area contributed by atoms with Crippen molar-refractivity contribution in [2.45, 2.75) is 39.7 Å². The van der Waals surface area contributed by atoms with E-state index in [-0.39, 0.29) is 0 Å². The average molecular weight is 158 g/mol. The van der Waals surface area contributed by atoms with Gasteiger partial charge in [-0.15, -0.1) is 0 Å². The molecule has 0 fully saturated rings. The van der Waals surface area contributed by atoms with Crippen molar-refractivity contribution in [3.63, 3.8) is 0 Å². The summed E-state index contributed by atoms with van der Waals surface area (Å²) in [5.41, 5.74) is 6.07. The van der Waals surface area contributed by atoms with Crippen molar-refractivity contribution in [3.8, 4) is 0 Å². The van der Waals surface area contributed by atoms with E-state index in [1.165, 1.54) is 0 Å². The lowest BCUT2D eigenvalue weighted by molar-refractivity contribution is 0.200. The van der Waals surface area contributed by atoms with Crippen LogP contribution in [0.15, 0.2) is 0 Å². The van der Waals surface area contributed by atoms with Gasteiger partial charge in [-0.1, -0.05) is 13.8 Å². The van der Waals surface area contributed by atoms with Crippen molar-refractivity contribution in [3.05, 3.63) is 0 Å². The van der Waals surface area contributed by atoms with Gasteiger partial charge in [0.2, 0.25) is 0 Å². The van der Waals surface area contributed by atoms with E-state index in [0.717, 1.165) is 19.4 Å². The Morgan fingerprint density at radius 3 is 1.91 bits per heavy atom. The fourth-order valence-electron chi connectivity index (χ4n) is 1.63. The molecule has 0 aromatic heterocycles. The Bertz CT molecular complexity index is 89.5. The zero-order valence-electron chi connectivity index (χ0n) is 8.28. The molecule has 0 aliphatic rings. The highest BCUT2D eigenvalue weighted by Crippen LogP contribution is 2.28. The van der Waals surface area contributed by atoms with E-state index in [1.54, 1.807) is 0 Å². The summed E-state index contributed by atoms with van der Waals surface area (Å²) >= 11 is 0. The molecule has 1 atom stereocenters. The minimum atomic E-state index is 0.300. The van der Waals surface area contributed by atoms with E-state index in [1.807, 2.05) is 7.05 Å². The third-order valence-corrected chi connectivity index (χ3v) is 3.17. The van der Waals surface area contributed by atoms with Crippen LogP contribution in [0.5, 0.6) is 0 Å². The van der Waals surface area contributed by atoms with Gasteiger partial charge in [0.15, 0.2) is 0 Å². The minimum absolute atomic E-state index is 0.300. The summed E-state index contributed by atoms with van der Waals surface area (Å²) in [5.74, 6) is 0. The molecule has 0 heterocycles. The van der Waals surface area contributed by atoms with Crippen molar-refractivity contribution < 1.29 is 0 Å². The van der Waals surface area contributed by atoms with Crippen LogP contribution in [0.25, 0.3) is 0 Å². The predicted octanol–water partition coefficient (Wildman–Crippen LogP) is 1.36. The first-order valence-corrected chi connectivity index (χ1v) is 4.54. The molecule has 0 saturated heterocycles. The van der Waals surface area contributed by atoms with Gasteiger partial charge in [-0.05, 0) is 38.8 Å². The van der Waals surface area contributed by atoms with Crippen LogP contribution in [0, 0.1) is 5.41 Å². The molecule has 0 rings (SSSR count). The molecule has 2 heteroatoms. The molecule has 0 amide bonds. The van der Waals surface area contributed by atoms with Crippen LogP contribution >= 0.6 is 0 Å². The van der Waals surface area contributed by atoms with Gasteiger partial charge >= 0.3 is 0 Å². The summed E-state index contributed by atoms with van der Waals surface area (Å²) in [6, 6.07) is 0.516. The molecule has 11 heavy (non-hydrogen) atoms. The van der Waals surface area contributed by atoms with Crippen LogP contribution in [0.3, 0.4) is 0 Å². The van der Waals surface area contributed by atoms with Gasteiger partial charge in [0.05, 0.1) is 0 Å². The number of rotatable bonds is 5. The Morgan fingerprint density at radius 1 is 1.36 bits per heavy atom. The second-order valence-corrected chi connectivity index (χ2v) is 3.28. The van der Waals surface area contributed by atoms with Crippen LogP contribution in [0.1, 0.15) is 33.6 Å². The Labute approximate surface area is 70.5 Å². The molecular formula is C9H22N2. The van der Waals surface area contributed by atoms with E-state index >= 15 is 0 Å². The summed E-state index contributed by atoms with van der Waals surface area (Å²) < 4.78 is 0. The standard InChI is InChI=1S/C9H22N2/c1-5-9(6-2,7-10)8(3)11-4/h8,11H,5-7,10H2,1-4H3. The second-order valence-electron chi connectivity index (χ2n) is 3.28. The zero-order chi connectivity index (χ0) is 8.91. The molecule has 68 valence electrons. The molecule has 0 aliphatic heterocycles. The monoisotopic (exact) mass is 158 g/mol. The van der Waals surface area contributed by atoms with Crippen LogP contribution in [0.4, 0.5) is 0 Å². The summed E-state index contributed by atoms with van der Waals surface area (Å²) in [5, 5.41) is 3.28. The van der Waals surface area contributed by atoms with Gasteiger partial charge in [-0.2, -0.15) is 0 Å². The predicted molar refractivity (Wildman–Crippen MR) is 50.6 cm³/mol. The van der Waals surface area contributed by atoms with E-state index in [0.29, 0.717) is 11.5 Å². The van der Waals surface area contributed by atoms with E-state index < -0.39 is 0 Å². The van der Waals surface area contributed by atoms with Gasteiger partial charge in [0.1, 0.15) is 0 Å². The zero-order valence-corrected chi connectivity index (χ0v) is 8.28. The number of hydrogen-bond acceptors (Lipinski definition) is 2. The quantitative estimate of drug-likeness (QED) is 0.634. The second kappa shape index (κ2) is 4.73. The Morgan fingerprint density at radius 2 is 1.82 bits per heavy atom. The van der Waals surface area contributed by atoms with E-state index in [4.69, 9.17) is 5.73 Å². The van der Waals surface area contributed by atoms with Crippen LogP contribution < -0.4 is 11.1 Å². The van der Waals surface area contributed by atoms with Crippen molar-refractivity contribution >= 4 is 0 Å². The summed E-state index contributed by atoms with van der Waals surface area (Å²) in [7, 11) is 2.00. The van der Waals surface area contributed by atoms with Crippen LogP contribution in [-0.2, 0) is 0 Å². The number of nitrogens with two attached hydrogens (primary N) is 1. The van der Waals surface area contributed by atoms with Crippen molar-refractivity contribution in [1.29, 1.82) is 0 Å². The highest BCUT2D eigenvalue weighted by molar-refractivity contribution is 4.86. The first kappa shape index (κ1) is 10.9. The molecule has 0 bridgehead atoms. The lowest BCUT2D eigenvalue weighted by Crippen LogP contribution is -2.45. The molecule has 1 unspecified atom stereocenters. The van der Waals surface area contributed by atoms with Crippen LogP contribution in [0.2, 0.25) is 0 Å². The lowest BCUT2D eigenvalue weighted by Gasteiger charge is -2.36. The molecule has 0 radical (unpaired) electrons. The Balaban J connectivity index is 4.26. The normalized spacial score (nSPS) is 15.0. The average Bonchev–Trinajstić information content (AvgIpc) is 2.08. The van der Waals surface area contributed by atoms with E-state index in [2.05, 4.69) is 26.1 Å². The molecule has 0 saturated carbocycles. The largest absolute Gasteiger partial charge is 0.330 e. The fourth-order valence-corrected chi connectivity index (χ4v) is 1.63. The third kappa shape index (κ3) is 2.17. The number of hydrogen-bond donors (Lipinski definition) is 2. The fraction of sp³-hybridized carbons (Fsp3) is 1.00. The van der Waals surface area contributed by atoms with Crippen molar-refractivity contribution in [2.75, 3.05) is 13.6 Å². The van der Waals surface area contributed by atoms with Gasteiger partial charge < -0.3 is 11.1 Å². The van der Waals surface area contributed by atoms with Crippen molar-refractivity contribution in [2.24, 2.45) is 11.1 Å². The molecule has 0 aliphatic carbocycles. The van der Waals surface area contributed by atoms with Gasteiger partial charge in [0.25, 0.3) is 0 Å². The third-order valence-electron chi connectivity index (χ3n) is 3.17. The Hall–Kier alpha value is -0.0800. The molecule has 0 aromatic rings. The topological polar surface area (TPSA) is 38.0 Å². The first-order valence-electron chi connectivity index (χ1n) is 4.54. The summed E-state index contributed by atoms with van der Waals surface area (Å²) in [4.78, 5) is 0. The maximum atomic E-state index is 5.77. The molecule has 0 aromatic carbocycles. The molecular weight excluding hydrogens is 136 g/mol.